The summed E-state index contributed by atoms with van der Waals surface area (Å²) < 4.78 is 4.80. The van der Waals surface area contributed by atoms with Gasteiger partial charge in [0.2, 0.25) is 0 Å². The van der Waals surface area contributed by atoms with Gasteiger partial charge in [0.25, 0.3) is 0 Å². The molecule has 0 radical (unpaired) electrons. The molecule has 1 saturated heterocycles. The molecule has 0 unspecified atom stereocenters. The second kappa shape index (κ2) is 12.3. The molecule has 36 heavy (non-hydrogen) atoms. The van der Waals surface area contributed by atoms with Crippen LogP contribution < -0.4 is 11.1 Å². The van der Waals surface area contributed by atoms with Gasteiger partial charge in [0.1, 0.15) is 29.2 Å². The summed E-state index contributed by atoms with van der Waals surface area (Å²) in [6.45, 7) is 10.3. The molecule has 10 nitrogen and oxygen atoms in total. The van der Waals surface area contributed by atoms with E-state index < -0.39 is 23.8 Å². The van der Waals surface area contributed by atoms with Gasteiger partial charge in [-0.05, 0) is 39.7 Å². The number of benzene rings is 1. The van der Waals surface area contributed by atoms with Crippen LogP contribution in [0.2, 0.25) is 0 Å². The predicted molar refractivity (Wildman–Crippen MR) is 139 cm³/mol. The number of H-pyrrole nitrogens is 1. The van der Waals surface area contributed by atoms with E-state index >= 15 is 0 Å². The molecule has 7 N–H and O–H groups in total. The first-order valence-electron chi connectivity index (χ1n) is 11.9. The molecule has 4 rings (SSSR count). The number of rotatable bonds is 3. The van der Waals surface area contributed by atoms with Crippen LogP contribution in [0.5, 0.6) is 0 Å². The van der Waals surface area contributed by atoms with Gasteiger partial charge in [0.05, 0.1) is 24.2 Å². The number of aromatic amines is 1. The van der Waals surface area contributed by atoms with Crippen molar-refractivity contribution in [2.75, 3.05) is 12.3 Å². The molecule has 0 amide bonds. The van der Waals surface area contributed by atoms with E-state index in [0.717, 1.165) is 6.42 Å². The van der Waals surface area contributed by atoms with Crippen molar-refractivity contribution >= 4 is 22.8 Å². The first kappa shape index (κ1) is 29.2. The Bertz CT molecular complexity index is 1110. The summed E-state index contributed by atoms with van der Waals surface area (Å²) in [6.07, 6.45) is 3.08. The Kier molecular flexibility index (Phi) is 9.94. The van der Waals surface area contributed by atoms with E-state index in [1.54, 1.807) is 6.20 Å². The third-order valence-corrected chi connectivity index (χ3v) is 5.68. The number of aryl methyl sites for hydroxylation is 1. The molecule has 1 aliphatic rings. The van der Waals surface area contributed by atoms with Gasteiger partial charge in [-0.15, -0.1) is 0 Å². The van der Waals surface area contributed by atoms with Gasteiger partial charge in [-0.2, -0.15) is 0 Å². The Morgan fingerprint density at radius 1 is 1.22 bits per heavy atom. The maximum atomic E-state index is 10.5. The molecule has 1 fully saturated rings. The van der Waals surface area contributed by atoms with Crippen molar-refractivity contribution in [2.24, 2.45) is 0 Å². The van der Waals surface area contributed by atoms with Crippen molar-refractivity contribution in [3.05, 3.63) is 54.0 Å². The van der Waals surface area contributed by atoms with Crippen LogP contribution in [0.1, 0.15) is 58.7 Å². The molecule has 1 aromatic carbocycles. The third kappa shape index (κ3) is 7.47. The van der Waals surface area contributed by atoms with Crippen molar-refractivity contribution < 1.29 is 24.9 Å². The van der Waals surface area contributed by atoms with E-state index in [1.165, 1.54) is 25.7 Å². The zero-order valence-electron chi connectivity index (χ0n) is 21.8. The normalized spacial score (nSPS) is 23.3. The Hall–Kier alpha value is -3.05. The number of aliphatic hydroxyl groups is 3. The quantitative estimate of drug-likeness (QED) is 0.295. The first-order valence-corrected chi connectivity index (χ1v) is 11.9. The van der Waals surface area contributed by atoms with Crippen LogP contribution in [0, 0.1) is 0 Å². The maximum absolute atomic E-state index is 10.5. The first-order chi connectivity index (χ1) is 16.8. The van der Waals surface area contributed by atoms with Crippen molar-refractivity contribution in [2.45, 2.75) is 77.4 Å². The summed E-state index contributed by atoms with van der Waals surface area (Å²) in [7, 11) is 0. The minimum absolute atomic E-state index is 0.225. The third-order valence-electron chi connectivity index (χ3n) is 5.68. The lowest BCUT2D eigenvalue weighted by atomic mass is 9.89. The van der Waals surface area contributed by atoms with Crippen molar-refractivity contribution in [1.82, 2.24) is 20.3 Å². The van der Waals surface area contributed by atoms with Crippen LogP contribution in [0.3, 0.4) is 0 Å². The average molecular weight is 502 g/mol. The monoisotopic (exact) mass is 501 g/mol. The molecule has 4 atom stereocenters. The van der Waals surface area contributed by atoms with Crippen LogP contribution in [0.25, 0.3) is 11.0 Å². The van der Waals surface area contributed by atoms with Crippen LogP contribution in [0.15, 0.2) is 42.9 Å². The number of hydrogen-bond acceptors (Lipinski definition) is 9. The number of hydrogen-bond donors (Lipinski definition) is 6. The fraction of sp³-hybridized carbons (Fsp3) is 0.500. The molecular formula is C26H39N5O5. The Balaban J connectivity index is 0.000000236. The summed E-state index contributed by atoms with van der Waals surface area (Å²) >= 11 is 0. The van der Waals surface area contributed by atoms with Crippen molar-refractivity contribution in [1.29, 1.82) is 0 Å². The van der Waals surface area contributed by atoms with E-state index in [0.29, 0.717) is 22.4 Å². The number of anilines is 1. The summed E-state index contributed by atoms with van der Waals surface area (Å²) in [5.41, 5.74) is 7.26. The predicted octanol–water partition coefficient (Wildman–Crippen LogP) is 2.25. The number of nitrogens with zero attached hydrogens (tertiary/aromatic N) is 2. The number of carbonyl (C=O) groups is 1. The second-order valence-corrected chi connectivity index (χ2v) is 9.83. The van der Waals surface area contributed by atoms with Crippen LogP contribution in [-0.4, -0.2) is 66.2 Å². The summed E-state index contributed by atoms with van der Waals surface area (Å²) in [5, 5.41) is 32.9. The number of carbonyl (C=O) groups excluding carboxylic acids is 1. The zero-order valence-corrected chi connectivity index (χ0v) is 21.8. The Morgan fingerprint density at radius 3 is 2.31 bits per heavy atom. The lowest BCUT2D eigenvalue weighted by Crippen LogP contribution is -2.43. The summed E-state index contributed by atoms with van der Waals surface area (Å²) in [6, 6.07) is 9.29. The smallest absolute Gasteiger partial charge is 0.303 e. The average Bonchev–Trinajstić information content (AvgIpc) is 3.33. The summed E-state index contributed by atoms with van der Waals surface area (Å²) in [5.74, 6) is 0.0932. The molecule has 3 heterocycles. The van der Waals surface area contributed by atoms with Gasteiger partial charge in [0.15, 0.2) is 5.82 Å². The molecule has 0 spiro atoms. The molecule has 198 valence electrons. The SMILES string of the molecule is CC(=O)OC(C)(C)C.CCc1ccccc1.C[C@@]1(O)[C@H](O)[C@@H](CO)N[C@H]1c1c[nH]c2c(N)ncnc12. The highest BCUT2D eigenvalue weighted by molar-refractivity contribution is 5.87. The zero-order chi connectivity index (χ0) is 27.1. The number of esters is 1. The highest BCUT2D eigenvalue weighted by Crippen LogP contribution is 2.39. The van der Waals surface area contributed by atoms with Crippen molar-refractivity contribution in [3.63, 3.8) is 0 Å². The standard InChI is InChI=1S/C12H17N5O3.C8H10.C6H12O2/c1-12(20)9(17-6(3-18)10(12)19)5-2-14-8-7(5)15-4-16-11(8)13;1-2-8-6-4-3-5-7-8;1-5(7)8-6(2,3)4/h2,4,6,9-10,14,17-20H,3H2,1H3,(H2,13,15,16);3-7H,2H2,1H3;1-4H3/t6-,9+,10-,12+;;/m1../s1. The number of aliphatic hydroxyl groups excluding tert-OH is 2. The molecular weight excluding hydrogens is 462 g/mol. The van der Waals surface area contributed by atoms with Gasteiger partial charge in [-0.1, -0.05) is 37.3 Å². The molecule has 10 heteroatoms. The number of ether oxygens (including phenoxy) is 1. The molecule has 2 aromatic heterocycles. The molecule has 0 aliphatic carbocycles. The van der Waals surface area contributed by atoms with E-state index in [4.69, 9.17) is 10.5 Å². The lowest BCUT2D eigenvalue weighted by molar-refractivity contribution is -0.151. The molecule has 0 saturated carbocycles. The van der Waals surface area contributed by atoms with E-state index in [9.17, 15) is 20.1 Å². The van der Waals surface area contributed by atoms with E-state index in [1.807, 2.05) is 26.8 Å². The maximum Gasteiger partial charge on any atom is 0.303 e. The Morgan fingerprint density at radius 2 is 1.86 bits per heavy atom. The van der Waals surface area contributed by atoms with Crippen LogP contribution in [0.4, 0.5) is 5.82 Å². The van der Waals surface area contributed by atoms with Gasteiger partial charge in [0, 0.05) is 18.7 Å². The van der Waals surface area contributed by atoms with Gasteiger partial charge in [-0.25, -0.2) is 9.97 Å². The highest BCUT2D eigenvalue weighted by Gasteiger charge is 2.51. The number of nitrogens with one attached hydrogen (secondary N) is 2. The summed E-state index contributed by atoms with van der Waals surface area (Å²) in [4.78, 5) is 21.3. The molecule has 0 bridgehead atoms. The van der Waals surface area contributed by atoms with Crippen LogP contribution in [-0.2, 0) is 16.0 Å². The second-order valence-electron chi connectivity index (χ2n) is 9.83. The highest BCUT2D eigenvalue weighted by atomic mass is 16.6. The number of aromatic nitrogens is 3. The van der Waals surface area contributed by atoms with Gasteiger partial charge >= 0.3 is 5.97 Å². The molecule has 1 aliphatic heterocycles. The minimum Gasteiger partial charge on any atom is -0.460 e. The fourth-order valence-electron chi connectivity index (χ4n) is 3.95. The fourth-order valence-corrected chi connectivity index (χ4v) is 3.95. The van der Waals surface area contributed by atoms with Gasteiger partial charge in [-0.3, -0.25) is 10.1 Å². The topological polar surface area (TPSA) is 167 Å². The molecule has 3 aromatic rings. The lowest BCUT2D eigenvalue weighted by Gasteiger charge is -2.27. The van der Waals surface area contributed by atoms with Gasteiger partial charge < -0.3 is 30.8 Å². The van der Waals surface area contributed by atoms with E-state index in [-0.39, 0.29) is 18.2 Å². The largest absolute Gasteiger partial charge is 0.460 e. The van der Waals surface area contributed by atoms with Crippen molar-refractivity contribution in [3.8, 4) is 0 Å². The number of fused-ring (bicyclic) bond motifs is 1. The van der Waals surface area contributed by atoms with E-state index in [2.05, 4.69) is 51.5 Å². The van der Waals surface area contributed by atoms with Crippen LogP contribution >= 0.6 is 0 Å². The number of nitrogen functional groups attached to an aromatic ring is 1. The Labute approximate surface area is 211 Å². The number of nitrogens with two attached hydrogens (primary N) is 1. The minimum atomic E-state index is -1.43.